The van der Waals surface area contributed by atoms with Crippen LogP contribution in [0.15, 0.2) is 54.6 Å². The summed E-state index contributed by atoms with van der Waals surface area (Å²) in [6.45, 7) is 0. The molecule has 2 aromatic carbocycles. The van der Waals surface area contributed by atoms with Gasteiger partial charge in [-0.05, 0) is 35.9 Å². The zero-order valence-corrected chi connectivity index (χ0v) is 14.0. The Labute approximate surface area is 151 Å². The summed E-state index contributed by atoms with van der Waals surface area (Å²) in [5.74, 6) is -2.59. The van der Waals surface area contributed by atoms with Crippen molar-refractivity contribution in [1.82, 2.24) is 5.32 Å². The number of carbonyl (C=O) groups excluding carboxylic acids is 1. The van der Waals surface area contributed by atoms with E-state index in [-0.39, 0.29) is 11.4 Å². The normalized spacial score (nSPS) is 11.6. The van der Waals surface area contributed by atoms with Gasteiger partial charge in [0.05, 0.1) is 10.9 Å². The third kappa shape index (κ3) is 3.76. The number of amides is 1. The Hall–Kier alpha value is -3.11. The molecule has 0 aliphatic rings. The summed E-state index contributed by atoms with van der Waals surface area (Å²) < 4.78 is 39.8. The first-order valence-electron chi connectivity index (χ1n) is 7.49. The Morgan fingerprint density at radius 2 is 1.69 bits per heavy atom. The van der Waals surface area contributed by atoms with Crippen molar-refractivity contribution in [1.29, 1.82) is 5.26 Å². The van der Waals surface area contributed by atoms with Crippen molar-refractivity contribution in [3.8, 4) is 16.5 Å². The van der Waals surface area contributed by atoms with E-state index in [1.54, 1.807) is 30.3 Å². The first-order valence-corrected chi connectivity index (χ1v) is 8.31. The molecule has 26 heavy (non-hydrogen) atoms. The van der Waals surface area contributed by atoms with Crippen LogP contribution in [0.1, 0.15) is 21.3 Å². The average Bonchev–Trinajstić information content (AvgIpc) is 3.11. The summed E-state index contributed by atoms with van der Waals surface area (Å²) >= 11 is 1.16. The van der Waals surface area contributed by atoms with Crippen LogP contribution >= 0.6 is 11.3 Å². The highest BCUT2D eigenvalue weighted by molar-refractivity contribution is 7.17. The monoisotopic (exact) mass is 372 g/mol. The molecule has 3 nitrogen and oxygen atoms in total. The topological polar surface area (TPSA) is 52.9 Å². The molecule has 0 fully saturated rings. The van der Waals surface area contributed by atoms with E-state index in [1.807, 2.05) is 0 Å². The Morgan fingerprint density at radius 3 is 2.35 bits per heavy atom. The van der Waals surface area contributed by atoms with Gasteiger partial charge in [-0.25, -0.2) is 13.2 Å². The van der Waals surface area contributed by atoms with Crippen LogP contribution in [0.2, 0.25) is 0 Å². The van der Waals surface area contributed by atoms with Gasteiger partial charge in [-0.2, -0.15) is 5.26 Å². The second-order valence-corrected chi connectivity index (χ2v) is 6.46. The maximum Gasteiger partial charge on any atom is 0.262 e. The van der Waals surface area contributed by atoms with E-state index in [4.69, 9.17) is 0 Å². The zero-order chi connectivity index (χ0) is 18.7. The van der Waals surface area contributed by atoms with Crippen LogP contribution in [0.4, 0.5) is 13.2 Å². The fourth-order valence-electron chi connectivity index (χ4n) is 2.35. The minimum atomic E-state index is -1.25. The van der Waals surface area contributed by atoms with Crippen LogP contribution in [0, 0.1) is 28.8 Å². The Morgan fingerprint density at radius 1 is 1.00 bits per heavy atom. The van der Waals surface area contributed by atoms with Crippen LogP contribution in [-0.2, 0) is 0 Å². The number of nitrogens with zero attached hydrogens (tertiary/aromatic N) is 1. The van der Waals surface area contributed by atoms with Gasteiger partial charge in [-0.1, -0.05) is 18.2 Å². The molecule has 0 spiro atoms. The molecule has 1 unspecified atom stereocenters. The van der Waals surface area contributed by atoms with Gasteiger partial charge in [0.2, 0.25) is 0 Å². The maximum atomic E-state index is 13.8. The van der Waals surface area contributed by atoms with E-state index in [1.165, 1.54) is 12.1 Å². The minimum absolute atomic E-state index is 0.113. The van der Waals surface area contributed by atoms with Gasteiger partial charge >= 0.3 is 0 Å². The predicted octanol–water partition coefficient (Wildman–Crippen LogP) is 4.83. The largest absolute Gasteiger partial charge is 0.332 e. The Bertz CT molecular complexity index is 993. The Balaban J connectivity index is 1.79. The van der Waals surface area contributed by atoms with Crippen LogP contribution in [0.25, 0.3) is 10.4 Å². The number of thiophene rings is 1. The van der Waals surface area contributed by atoms with Gasteiger partial charge in [0.25, 0.3) is 5.91 Å². The summed E-state index contributed by atoms with van der Waals surface area (Å²) in [5.41, 5.74) is 0.634. The van der Waals surface area contributed by atoms with Crippen LogP contribution < -0.4 is 5.32 Å². The van der Waals surface area contributed by atoms with Crippen molar-refractivity contribution >= 4 is 17.2 Å². The molecule has 0 aliphatic carbocycles. The highest BCUT2D eigenvalue weighted by Gasteiger charge is 2.20. The number of carbonyl (C=O) groups is 1. The summed E-state index contributed by atoms with van der Waals surface area (Å²) in [4.78, 5) is 13.4. The molecule has 0 saturated carbocycles. The van der Waals surface area contributed by atoms with E-state index in [2.05, 4.69) is 5.32 Å². The maximum absolute atomic E-state index is 13.8. The fraction of sp³-hybridized carbons (Fsp3) is 0.0526. The van der Waals surface area contributed by atoms with Gasteiger partial charge in [0.1, 0.15) is 23.5 Å². The molecule has 0 saturated heterocycles. The van der Waals surface area contributed by atoms with Gasteiger partial charge in [0.15, 0.2) is 0 Å². The lowest BCUT2D eigenvalue weighted by Gasteiger charge is -2.12. The predicted molar refractivity (Wildman–Crippen MR) is 91.9 cm³/mol. The minimum Gasteiger partial charge on any atom is -0.332 e. The number of hydrogen-bond acceptors (Lipinski definition) is 3. The number of rotatable bonds is 4. The van der Waals surface area contributed by atoms with Gasteiger partial charge in [0, 0.05) is 16.5 Å². The first-order chi connectivity index (χ1) is 12.5. The number of nitriles is 1. The third-order valence-electron chi connectivity index (χ3n) is 3.64. The van der Waals surface area contributed by atoms with E-state index < -0.39 is 23.6 Å². The molecule has 1 amide bonds. The van der Waals surface area contributed by atoms with Gasteiger partial charge < -0.3 is 5.32 Å². The number of benzene rings is 2. The molecule has 130 valence electrons. The molecular weight excluding hydrogens is 361 g/mol. The number of halogens is 3. The van der Waals surface area contributed by atoms with Gasteiger partial charge in [-0.15, -0.1) is 11.3 Å². The van der Waals surface area contributed by atoms with Crippen molar-refractivity contribution in [2.24, 2.45) is 0 Å². The second-order valence-electron chi connectivity index (χ2n) is 5.37. The second kappa shape index (κ2) is 7.42. The molecule has 1 N–H and O–H groups in total. The summed E-state index contributed by atoms with van der Waals surface area (Å²) in [6, 6.07) is 12.4. The molecule has 0 radical (unpaired) electrons. The molecule has 1 heterocycles. The molecule has 7 heteroatoms. The average molecular weight is 372 g/mol. The Kier molecular flexibility index (Phi) is 5.05. The van der Waals surface area contributed by atoms with Crippen molar-refractivity contribution < 1.29 is 18.0 Å². The number of hydrogen-bond donors (Lipinski definition) is 1. The molecule has 0 aliphatic heterocycles. The van der Waals surface area contributed by atoms with Crippen LogP contribution in [0.5, 0.6) is 0 Å². The van der Waals surface area contributed by atoms with Crippen molar-refractivity contribution in [2.45, 2.75) is 6.04 Å². The van der Waals surface area contributed by atoms with Crippen LogP contribution in [-0.4, -0.2) is 5.91 Å². The zero-order valence-electron chi connectivity index (χ0n) is 13.2. The lowest BCUT2D eigenvalue weighted by atomic mass is 10.1. The molecule has 1 aromatic heterocycles. The molecule has 0 bridgehead atoms. The number of nitrogens with one attached hydrogen (secondary N) is 1. The lowest BCUT2D eigenvalue weighted by Crippen LogP contribution is -2.27. The summed E-state index contributed by atoms with van der Waals surface area (Å²) in [7, 11) is 0. The highest BCUT2D eigenvalue weighted by atomic mass is 32.1. The van der Waals surface area contributed by atoms with Crippen LogP contribution in [0.3, 0.4) is 0 Å². The summed E-state index contributed by atoms with van der Waals surface area (Å²) in [5, 5.41) is 11.6. The highest BCUT2D eigenvalue weighted by Crippen LogP contribution is 2.28. The van der Waals surface area contributed by atoms with Crippen molar-refractivity contribution in [3.05, 3.63) is 82.5 Å². The smallest absolute Gasteiger partial charge is 0.262 e. The molecule has 3 rings (SSSR count). The summed E-state index contributed by atoms with van der Waals surface area (Å²) in [6.07, 6.45) is 0. The standard InChI is InChI=1S/C19H11F3N2OS/c20-12-3-1-11(2-4-12)17-7-8-18(26-17)19(25)24-16(10-23)14-6-5-13(21)9-15(14)22/h1-9,16H,(H,24,25). The van der Waals surface area contributed by atoms with E-state index >= 15 is 0 Å². The van der Waals surface area contributed by atoms with Crippen molar-refractivity contribution in [2.75, 3.05) is 0 Å². The van der Waals surface area contributed by atoms with E-state index in [9.17, 15) is 23.2 Å². The molecule has 1 atom stereocenters. The fourth-order valence-corrected chi connectivity index (χ4v) is 3.26. The molecular formula is C19H11F3N2OS. The lowest BCUT2D eigenvalue weighted by molar-refractivity contribution is 0.0949. The van der Waals surface area contributed by atoms with E-state index in [0.29, 0.717) is 10.9 Å². The third-order valence-corrected chi connectivity index (χ3v) is 4.77. The first kappa shape index (κ1) is 17.7. The van der Waals surface area contributed by atoms with Crippen molar-refractivity contribution in [3.63, 3.8) is 0 Å². The quantitative estimate of drug-likeness (QED) is 0.713. The molecule has 3 aromatic rings. The van der Waals surface area contributed by atoms with Gasteiger partial charge in [-0.3, -0.25) is 4.79 Å². The van der Waals surface area contributed by atoms with E-state index in [0.717, 1.165) is 33.9 Å². The SMILES string of the molecule is N#CC(NC(=O)c1ccc(-c2ccc(F)cc2)s1)c1ccc(F)cc1F.